The van der Waals surface area contributed by atoms with Crippen molar-refractivity contribution in [2.24, 2.45) is 5.90 Å². The van der Waals surface area contributed by atoms with E-state index in [-0.39, 0.29) is 10.6 Å². The summed E-state index contributed by atoms with van der Waals surface area (Å²) >= 11 is 5.67. The molecule has 0 saturated heterocycles. The van der Waals surface area contributed by atoms with Crippen LogP contribution in [0.5, 0.6) is 0 Å². The van der Waals surface area contributed by atoms with E-state index in [1.54, 1.807) is 0 Å². The van der Waals surface area contributed by atoms with Gasteiger partial charge in [-0.2, -0.15) is 13.2 Å². The molecule has 2 N–H and O–H groups in total. The molecular weight excluding hydrogens is 231 g/mol. The second kappa shape index (κ2) is 4.38. The minimum absolute atomic E-state index is 0.0113. The van der Waals surface area contributed by atoms with Crippen molar-refractivity contribution in [2.75, 3.05) is 0 Å². The molecule has 15 heavy (non-hydrogen) atoms. The van der Waals surface area contributed by atoms with Crippen LogP contribution < -0.4 is 5.90 Å². The third-order valence-electron chi connectivity index (χ3n) is 1.97. The Morgan fingerprint density at radius 3 is 2.47 bits per heavy atom. The Kier molecular flexibility index (Phi) is 3.59. The molecular formula is C9H9ClF3NO. The fourth-order valence-electron chi connectivity index (χ4n) is 1.27. The topological polar surface area (TPSA) is 35.2 Å². The monoisotopic (exact) mass is 239 g/mol. The van der Waals surface area contributed by atoms with Crippen LogP contribution in [0.1, 0.15) is 24.2 Å². The van der Waals surface area contributed by atoms with E-state index in [4.69, 9.17) is 17.5 Å². The van der Waals surface area contributed by atoms with Crippen LogP contribution in [0.4, 0.5) is 13.2 Å². The molecule has 0 bridgehead atoms. The Morgan fingerprint density at radius 2 is 2.00 bits per heavy atom. The highest BCUT2D eigenvalue weighted by Gasteiger charge is 2.35. The minimum Gasteiger partial charge on any atom is -0.297 e. The molecule has 84 valence electrons. The number of hydrogen-bond donors (Lipinski definition) is 1. The summed E-state index contributed by atoms with van der Waals surface area (Å²) in [5.74, 6) is 4.86. The average molecular weight is 240 g/mol. The highest BCUT2D eigenvalue weighted by Crippen LogP contribution is 2.38. The molecule has 0 amide bonds. The largest absolute Gasteiger partial charge is 0.416 e. The van der Waals surface area contributed by atoms with E-state index in [0.717, 1.165) is 6.07 Å². The maximum absolute atomic E-state index is 12.6. The molecule has 1 aromatic carbocycles. The zero-order valence-corrected chi connectivity index (χ0v) is 8.56. The summed E-state index contributed by atoms with van der Waals surface area (Å²) in [5, 5.41) is -0.0113. The van der Waals surface area contributed by atoms with E-state index in [9.17, 15) is 13.2 Å². The Labute approximate surface area is 89.7 Å². The predicted molar refractivity (Wildman–Crippen MR) is 50.1 cm³/mol. The Morgan fingerprint density at radius 1 is 1.40 bits per heavy atom. The van der Waals surface area contributed by atoms with Gasteiger partial charge in [0.15, 0.2) is 0 Å². The fourth-order valence-corrected chi connectivity index (χ4v) is 1.59. The summed E-state index contributed by atoms with van der Waals surface area (Å²) in [6, 6.07) is 3.54. The quantitative estimate of drug-likeness (QED) is 0.804. The summed E-state index contributed by atoms with van der Waals surface area (Å²) in [5.41, 5.74) is -0.970. The van der Waals surface area contributed by atoms with E-state index >= 15 is 0 Å². The highest BCUT2D eigenvalue weighted by molar-refractivity contribution is 6.31. The molecule has 0 aliphatic carbocycles. The summed E-state index contributed by atoms with van der Waals surface area (Å²) < 4.78 is 37.7. The Hall–Kier alpha value is -0.780. The van der Waals surface area contributed by atoms with Crippen LogP contribution in [0.3, 0.4) is 0 Å². The zero-order valence-electron chi connectivity index (χ0n) is 7.81. The van der Waals surface area contributed by atoms with Crippen molar-refractivity contribution in [3.63, 3.8) is 0 Å². The molecule has 1 atom stereocenters. The number of alkyl halides is 3. The van der Waals surface area contributed by atoms with Gasteiger partial charge in [-0.3, -0.25) is 4.84 Å². The van der Waals surface area contributed by atoms with Crippen molar-refractivity contribution in [1.29, 1.82) is 0 Å². The van der Waals surface area contributed by atoms with Crippen LogP contribution in [0, 0.1) is 0 Å². The number of benzene rings is 1. The molecule has 0 aliphatic heterocycles. The summed E-state index contributed by atoms with van der Waals surface area (Å²) in [6.07, 6.45) is -5.37. The van der Waals surface area contributed by atoms with Gasteiger partial charge in [0.1, 0.15) is 6.10 Å². The first kappa shape index (κ1) is 12.3. The van der Waals surface area contributed by atoms with Gasteiger partial charge in [0.05, 0.1) is 5.56 Å². The van der Waals surface area contributed by atoms with Crippen molar-refractivity contribution in [1.82, 2.24) is 0 Å². The molecule has 0 aromatic heterocycles. The van der Waals surface area contributed by atoms with Crippen LogP contribution >= 0.6 is 11.6 Å². The first-order valence-corrected chi connectivity index (χ1v) is 4.47. The first-order valence-electron chi connectivity index (χ1n) is 4.09. The standard InChI is InChI=1S/C9H9ClF3NO/c1-5(15-14)8-6(9(11,12)13)3-2-4-7(8)10/h2-5H,14H2,1H3. The fraction of sp³-hybridized carbons (Fsp3) is 0.333. The first-order chi connectivity index (χ1) is 6.88. The molecule has 1 unspecified atom stereocenters. The van der Waals surface area contributed by atoms with Crippen molar-refractivity contribution < 1.29 is 18.0 Å². The zero-order chi connectivity index (χ0) is 11.6. The van der Waals surface area contributed by atoms with E-state index in [1.807, 2.05) is 0 Å². The van der Waals surface area contributed by atoms with Gasteiger partial charge in [-0.1, -0.05) is 17.7 Å². The number of hydrogen-bond acceptors (Lipinski definition) is 2. The minimum atomic E-state index is -4.47. The summed E-state index contributed by atoms with van der Waals surface area (Å²) in [4.78, 5) is 4.37. The van der Waals surface area contributed by atoms with Crippen molar-refractivity contribution in [2.45, 2.75) is 19.2 Å². The molecule has 1 aromatic rings. The number of halogens is 4. The molecule has 0 fully saturated rings. The lowest BCUT2D eigenvalue weighted by Gasteiger charge is -2.17. The third kappa shape index (κ3) is 2.62. The van der Waals surface area contributed by atoms with E-state index in [0.29, 0.717) is 0 Å². The van der Waals surface area contributed by atoms with Crippen molar-refractivity contribution in [3.05, 3.63) is 34.3 Å². The SMILES string of the molecule is CC(ON)c1c(Cl)cccc1C(F)(F)F. The van der Waals surface area contributed by atoms with E-state index in [1.165, 1.54) is 19.1 Å². The van der Waals surface area contributed by atoms with Gasteiger partial charge in [-0.15, -0.1) is 0 Å². The Bertz CT molecular complexity index is 354. The molecule has 0 radical (unpaired) electrons. The van der Waals surface area contributed by atoms with E-state index < -0.39 is 17.8 Å². The second-order valence-corrected chi connectivity index (χ2v) is 3.38. The molecule has 0 aliphatic rings. The Balaban J connectivity index is 3.33. The lowest BCUT2D eigenvalue weighted by molar-refractivity contribution is -0.139. The average Bonchev–Trinajstić information content (AvgIpc) is 2.15. The van der Waals surface area contributed by atoms with Crippen molar-refractivity contribution in [3.8, 4) is 0 Å². The molecule has 6 heteroatoms. The van der Waals surface area contributed by atoms with E-state index in [2.05, 4.69) is 4.84 Å². The van der Waals surface area contributed by atoms with Gasteiger partial charge < -0.3 is 0 Å². The maximum atomic E-state index is 12.6. The summed E-state index contributed by atoms with van der Waals surface area (Å²) in [6.45, 7) is 1.40. The van der Waals surface area contributed by atoms with Gasteiger partial charge in [-0.05, 0) is 19.1 Å². The highest BCUT2D eigenvalue weighted by atomic mass is 35.5. The van der Waals surface area contributed by atoms with Gasteiger partial charge in [0.25, 0.3) is 0 Å². The number of nitrogens with two attached hydrogens (primary N) is 1. The smallest absolute Gasteiger partial charge is 0.297 e. The van der Waals surface area contributed by atoms with Crippen LogP contribution in [0.15, 0.2) is 18.2 Å². The van der Waals surface area contributed by atoms with Crippen LogP contribution in [0.25, 0.3) is 0 Å². The van der Waals surface area contributed by atoms with Gasteiger partial charge in [0.2, 0.25) is 0 Å². The summed E-state index contributed by atoms with van der Waals surface area (Å²) in [7, 11) is 0. The van der Waals surface area contributed by atoms with Gasteiger partial charge >= 0.3 is 6.18 Å². The van der Waals surface area contributed by atoms with Gasteiger partial charge in [-0.25, -0.2) is 5.90 Å². The molecule has 2 nitrogen and oxygen atoms in total. The molecule has 0 heterocycles. The normalized spacial score (nSPS) is 14.0. The molecule has 1 rings (SSSR count). The van der Waals surface area contributed by atoms with Crippen molar-refractivity contribution >= 4 is 11.6 Å². The lowest BCUT2D eigenvalue weighted by atomic mass is 10.0. The third-order valence-corrected chi connectivity index (χ3v) is 2.30. The van der Waals surface area contributed by atoms with Crippen LogP contribution in [-0.2, 0) is 11.0 Å². The van der Waals surface area contributed by atoms with Crippen LogP contribution in [0.2, 0.25) is 5.02 Å². The molecule has 0 saturated carbocycles. The maximum Gasteiger partial charge on any atom is 0.416 e. The van der Waals surface area contributed by atoms with Gasteiger partial charge in [0, 0.05) is 10.6 Å². The lowest BCUT2D eigenvalue weighted by Crippen LogP contribution is -2.14. The predicted octanol–water partition coefficient (Wildman–Crippen LogP) is 3.31. The van der Waals surface area contributed by atoms with Crippen LogP contribution in [-0.4, -0.2) is 0 Å². The second-order valence-electron chi connectivity index (χ2n) is 2.98. The number of rotatable bonds is 2. The molecule has 0 spiro atoms.